The first-order valence-corrected chi connectivity index (χ1v) is 8.40. The van der Waals surface area contributed by atoms with Crippen LogP contribution in [0.5, 0.6) is 0 Å². The molecule has 1 aliphatic rings. The van der Waals surface area contributed by atoms with Crippen LogP contribution < -0.4 is 4.72 Å². The summed E-state index contributed by atoms with van der Waals surface area (Å²) in [5.74, 6) is -0.682. The molecule has 1 unspecified atom stereocenters. The van der Waals surface area contributed by atoms with Crippen LogP contribution >= 0.6 is 0 Å². The molecule has 1 N–H and O–H groups in total. The molecule has 1 atom stereocenters. The summed E-state index contributed by atoms with van der Waals surface area (Å²) >= 11 is 0. The van der Waals surface area contributed by atoms with Gasteiger partial charge in [0.15, 0.2) is 0 Å². The molecule has 0 aromatic heterocycles. The minimum atomic E-state index is -3.64. The van der Waals surface area contributed by atoms with Crippen LogP contribution in [0.2, 0.25) is 0 Å². The molecule has 0 aromatic carbocycles. The molecule has 0 bridgehead atoms. The van der Waals surface area contributed by atoms with Crippen molar-refractivity contribution in [2.45, 2.75) is 51.7 Å². The molecule has 8 heteroatoms. The maximum atomic E-state index is 12.1. The predicted octanol–water partition coefficient (Wildman–Crippen LogP) is 0.852. The molecule has 1 heterocycles. The average molecular weight is 306 g/mol. The fourth-order valence-corrected chi connectivity index (χ4v) is 2.50. The van der Waals surface area contributed by atoms with E-state index in [1.165, 1.54) is 4.90 Å². The third-order valence-corrected chi connectivity index (χ3v) is 3.29. The van der Waals surface area contributed by atoms with Crippen molar-refractivity contribution in [2.24, 2.45) is 0 Å². The Labute approximate surface area is 119 Å². The lowest BCUT2D eigenvalue weighted by Gasteiger charge is -2.35. The first-order valence-electron chi connectivity index (χ1n) is 6.51. The molecule has 1 fully saturated rings. The Morgan fingerprint density at radius 1 is 1.25 bits per heavy atom. The highest BCUT2D eigenvalue weighted by Crippen LogP contribution is 2.20. The third-order valence-electron chi connectivity index (χ3n) is 2.72. The summed E-state index contributed by atoms with van der Waals surface area (Å²) in [5.41, 5.74) is -0.660. The number of rotatable bonds is 2. The summed E-state index contributed by atoms with van der Waals surface area (Å²) in [5, 5.41) is 0. The summed E-state index contributed by atoms with van der Waals surface area (Å²) in [6.07, 6.45) is 2.28. The van der Waals surface area contributed by atoms with E-state index in [9.17, 15) is 18.0 Å². The van der Waals surface area contributed by atoms with E-state index >= 15 is 0 Å². The van der Waals surface area contributed by atoms with Crippen LogP contribution in [0.15, 0.2) is 0 Å². The molecule has 7 nitrogen and oxygen atoms in total. The van der Waals surface area contributed by atoms with Crippen molar-refractivity contribution < 1.29 is 22.7 Å². The van der Waals surface area contributed by atoms with Crippen LogP contribution in [0.25, 0.3) is 0 Å². The van der Waals surface area contributed by atoms with Crippen molar-refractivity contribution >= 4 is 22.0 Å². The molecule has 1 saturated heterocycles. The van der Waals surface area contributed by atoms with Gasteiger partial charge in [-0.05, 0) is 40.0 Å². The van der Waals surface area contributed by atoms with E-state index in [0.717, 1.165) is 19.1 Å². The Balaban J connectivity index is 2.81. The summed E-state index contributed by atoms with van der Waals surface area (Å²) in [6, 6.07) is -0.798. The number of likely N-dealkylation sites (tertiary alicyclic amines) is 1. The van der Waals surface area contributed by atoms with Crippen LogP contribution in [0.1, 0.15) is 40.0 Å². The Morgan fingerprint density at radius 3 is 2.35 bits per heavy atom. The maximum absolute atomic E-state index is 12.1. The number of carbonyl (C=O) groups is 2. The highest BCUT2D eigenvalue weighted by Gasteiger charge is 2.35. The molecule has 0 aromatic rings. The minimum absolute atomic E-state index is 0.386. The van der Waals surface area contributed by atoms with Gasteiger partial charge in [0.25, 0.3) is 5.91 Å². The number of hydrogen-bond donors (Lipinski definition) is 1. The van der Waals surface area contributed by atoms with Gasteiger partial charge in [0, 0.05) is 6.54 Å². The summed E-state index contributed by atoms with van der Waals surface area (Å²) in [7, 11) is -3.64. The van der Waals surface area contributed by atoms with Crippen LogP contribution in [0, 0.1) is 0 Å². The topological polar surface area (TPSA) is 92.8 Å². The van der Waals surface area contributed by atoms with Crippen LogP contribution in [0.4, 0.5) is 4.79 Å². The van der Waals surface area contributed by atoms with Gasteiger partial charge in [0.2, 0.25) is 10.0 Å². The number of piperidine rings is 1. The van der Waals surface area contributed by atoms with Gasteiger partial charge < -0.3 is 4.74 Å². The van der Waals surface area contributed by atoms with Gasteiger partial charge in [0.05, 0.1) is 6.26 Å². The quantitative estimate of drug-likeness (QED) is 0.816. The van der Waals surface area contributed by atoms with Gasteiger partial charge in [-0.1, -0.05) is 0 Å². The zero-order valence-corrected chi connectivity index (χ0v) is 13.1. The summed E-state index contributed by atoms with van der Waals surface area (Å²) in [4.78, 5) is 25.3. The third kappa shape index (κ3) is 5.36. The minimum Gasteiger partial charge on any atom is -0.444 e. The van der Waals surface area contributed by atoms with Gasteiger partial charge in [-0.25, -0.2) is 13.2 Å². The largest absolute Gasteiger partial charge is 0.444 e. The van der Waals surface area contributed by atoms with Gasteiger partial charge in [-0.15, -0.1) is 0 Å². The zero-order chi connectivity index (χ0) is 15.6. The average Bonchev–Trinajstić information content (AvgIpc) is 2.24. The lowest BCUT2D eigenvalue weighted by Crippen LogP contribution is -2.53. The number of nitrogens with zero attached hydrogens (tertiary/aromatic N) is 1. The second-order valence-corrected chi connectivity index (χ2v) is 7.67. The zero-order valence-electron chi connectivity index (χ0n) is 12.3. The van der Waals surface area contributed by atoms with Crippen LogP contribution in [-0.4, -0.2) is 49.8 Å². The first kappa shape index (κ1) is 16.7. The number of nitrogens with one attached hydrogen (secondary N) is 1. The summed E-state index contributed by atoms with van der Waals surface area (Å²) < 4.78 is 29.4. The smallest absolute Gasteiger partial charge is 0.410 e. The number of amides is 2. The predicted molar refractivity (Wildman–Crippen MR) is 73.6 cm³/mol. The maximum Gasteiger partial charge on any atom is 0.410 e. The summed E-state index contributed by atoms with van der Waals surface area (Å²) in [6.45, 7) is 5.60. The van der Waals surface area contributed by atoms with Crippen molar-refractivity contribution in [1.82, 2.24) is 9.62 Å². The van der Waals surface area contributed by atoms with Gasteiger partial charge in [-0.2, -0.15) is 0 Å². The monoisotopic (exact) mass is 306 g/mol. The number of ether oxygens (including phenoxy) is 1. The molecule has 0 radical (unpaired) electrons. The van der Waals surface area contributed by atoms with Gasteiger partial charge >= 0.3 is 6.09 Å². The van der Waals surface area contributed by atoms with Crippen molar-refractivity contribution in [1.29, 1.82) is 0 Å². The van der Waals surface area contributed by atoms with E-state index in [1.807, 2.05) is 4.72 Å². The van der Waals surface area contributed by atoms with E-state index in [-0.39, 0.29) is 0 Å². The molecule has 2 amide bonds. The van der Waals surface area contributed by atoms with Crippen molar-refractivity contribution in [2.75, 3.05) is 12.8 Å². The molecule has 0 saturated carbocycles. The van der Waals surface area contributed by atoms with E-state index < -0.39 is 33.7 Å². The fraction of sp³-hybridized carbons (Fsp3) is 0.833. The number of hydrogen-bond acceptors (Lipinski definition) is 5. The van der Waals surface area contributed by atoms with Gasteiger partial charge in [0.1, 0.15) is 11.6 Å². The Bertz CT molecular complexity index is 481. The standard InChI is InChI=1S/C12H22N2O5S/c1-12(2,3)19-11(16)14-8-6-5-7-9(14)10(15)13-20(4,17)18/h9H,5-8H2,1-4H3,(H,13,15). The Morgan fingerprint density at radius 2 is 1.85 bits per heavy atom. The second kappa shape index (κ2) is 5.99. The van der Waals surface area contributed by atoms with Crippen LogP contribution in [0.3, 0.4) is 0 Å². The molecular weight excluding hydrogens is 284 g/mol. The van der Waals surface area contributed by atoms with E-state index in [0.29, 0.717) is 13.0 Å². The molecule has 1 aliphatic heterocycles. The Kier molecular flexibility index (Phi) is 5.01. The molecular formula is C12H22N2O5S. The lowest BCUT2D eigenvalue weighted by atomic mass is 10.0. The van der Waals surface area contributed by atoms with Crippen molar-refractivity contribution in [3.8, 4) is 0 Å². The van der Waals surface area contributed by atoms with Crippen molar-refractivity contribution in [3.63, 3.8) is 0 Å². The van der Waals surface area contributed by atoms with E-state index in [1.54, 1.807) is 20.8 Å². The lowest BCUT2D eigenvalue weighted by molar-refractivity contribution is -0.125. The van der Waals surface area contributed by atoms with E-state index in [4.69, 9.17) is 4.74 Å². The van der Waals surface area contributed by atoms with Crippen molar-refractivity contribution in [3.05, 3.63) is 0 Å². The SMILES string of the molecule is CC(C)(C)OC(=O)N1CCCCC1C(=O)NS(C)(=O)=O. The molecule has 0 aliphatic carbocycles. The highest BCUT2D eigenvalue weighted by atomic mass is 32.2. The molecule has 1 rings (SSSR count). The van der Waals surface area contributed by atoms with Crippen LogP contribution in [-0.2, 0) is 19.6 Å². The molecule has 116 valence electrons. The second-order valence-electron chi connectivity index (χ2n) is 5.92. The Hall–Kier alpha value is -1.31. The molecule has 0 spiro atoms. The number of sulfonamides is 1. The molecule has 20 heavy (non-hydrogen) atoms. The van der Waals surface area contributed by atoms with E-state index in [2.05, 4.69) is 0 Å². The highest BCUT2D eigenvalue weighted by molar-refractivity contribution is 7.89. The first-order chi connectivity index (χ1) is 8.99. The van der Waals surface area contributed by atoms with Gasteiger partial charge in [-0.3, -0.25) is 14.4 Å². The number of carbonyl (C=O) groups excluding carboxylic acids is 2. The fourth-order valence-electron chi connectivity index (χ4n) is 1.99. The normalized spacial score (nSPS) is 20.4.